The number of nitrogens with one attached hydrogen (secondary N) is 2. The summed E-state index contributed by atoms with van der Waals surface area (Å²) < 4.78 is 11.2. The maximum Gasteiger partial charge on any atom is 0.247 e. The summed E-state index contributed by atoms with van der Waals surface area (Å²) in [5.41, 5.74) is 4.49. The van der Waals surface area contributed by atoms with E-state index in [0.717, 1.165) is 44.0 Å². The van der Waals surface area contributed by atoms with Gasteiger partial charge in [-0.2, -0.15) is 0 Å². The Morgan fingerprint density at radius 1 is 1.03 bits per heavy atom. The van der Waals surface area contributed by atoms with Gasteiger partial charge in [-0.25, -0.2) is 0 Å². The predicted octanol–water partition coefficient (Wildman–Crippen LogP) is 1.71. The molecule has 0 bridgehead atoms. The van der Waals surface area contributed by atoms with Crippen molar-refractivity contribution in [1.82, 2.24) is 15.5 Å². The zero-order valence-corrected chi connectivity index (χ0v) is 17.9. The Labute approximate surface area is 182 Å². The number of rotatable bonds is 8. The van der Waals surface area contributed by atoms with Gasteiger partial charge in [0, 0.05) is 30.5 Å². The van der Waals surface area contributed by atoms with Crippen LogP contribution < -0.4 is 10.2 Å². The maximum atomic E-state index is 12.4. The van der Waals surface area contributed by atoms with E-state index in [1.165, 1.54) is 16.0 Å². The number of carbonyl (C=O) groups excluding carboxylic acids is 1. The van der Waals surface area contributed by atoms with Gasteiger partial charge >= 0.3 is 0 Å². The lowest BCUT2D eigenvalue weighted by Gasteiger charge is -2.24. The third kappa shape index (κ3) is 5.99. The van der Waals surface area contributed by atoms with Crippen molar-refractivity contribution in [2.75, 3.05) is 26.3 Å². The Balaban J connectivity index is 1.27. The molecule has 3 aromatic rings. The molecule has 0 radical (unpaired) electrons. The van der Waals surface area contributed by atoms with Crippen molar-refractivity contribution in [1.29, 1.82) is 0 Å². The summed E-state index contributed by atoms with van der Waals surface area (Å²) in [7, 11) is 0. The Morgan fingerprint density at radius 3 is 2.55 bits per heavy atom. The maximum absolute atomic E-state index is 12.4. The lowest BCUT2D eigenvalue weighted by Crippen LogP contribution is -3.12. The van der Waals surface area contributed by atoms with Crippen LogP contribution in [0.1, 0.15) is 29.0 Å². The summed E-state index contributed by atoms with van der Waals surface area (Å²) >= 11 is 0. The number of benzene rings is 2. The molecule has 0 atom stereocenters. The van der Waals surface area contributed by atoms with Crippen LogP contribution in [0.4, 0.5) is 0 Å². The summed E-state index contributed by atoms with van der Waals surface area (Å²) in [6, 6.07) is 16.2. The quantitative estimate of drug-likeness (QED) is 0.579. The zero-order chi connectivity index (χ0) is 21.5. The third-order valence-electron chi connectivity index (χ3n) is 5.57. The van der Waals surface area contributed by atoms with Crippen LogP contribution in [0.3, 0.4) is 0 Å². The second-order valence-electron chi connectivity index (χ2n) is 7.95. The van der Waals surface area contributed by atoms with Crippen LogP contribution in [0.15, 0.2) is 52.9 Å². The highest BCUT2D eigenvalue weighted by molar-refractivity contribution is 5.76. The van der Waals surface area contributed by atoms with Gasteiger partial charge < -0.3 is 19.4 Å². The van der Waals surface area contributed by atoms with E-state index in [9.17, 15) is 4.79 Å². The molecule has 7 nitrogen and oxygen atoms in total. The number of ether oxygens (including phenoxy) is 1. The zero-order valence-electron chi connectivity index (χ0n) is 17.9. The molecule has 4 rings (SSSR count). The van der Waals surface area contributed by atoms with Crippen molar-refractivity contribution in [2.24, 2.45) is 0 Å². The van der Waals surface area contributed by atoms with Gasteiger partial charge in [-0.05, 0) is 24.6 Å². The summed E-state index contributed by atoms with van der Waals surface area (Å²) in [6.45, 7) is 7.19. The molecule has 0 saturated carbocycles. The van der Waals surface area contributed by atoms with Gasteiger partial charge in [0.05, 0.1) is 13.2 Å². The van der Waals surface area contributed by atoms with E-state index in [0.29, 0.717) is 31.2 Å². The van der Waals surface area contributed by atoms with E-state index >= 15 is 0 Å². The normalized spacial score (nSPS) is 14.5. The van der Waals surface area contributed by atoms with E-state index in [1.54, 1.807) is 0 Å². The number of hydrogen-bond donors (Lipinski definition) is 2. The minimum absolute atomic E-state index is 0.0244. The van der Waals surface area contributed by atoms with Crippen LogP contribution in [0.2, 0.25) is 0 Å². The SMILES string of the molecule is Cc1ccc(-c2nnc(CCC(=O)NCc3ccccc3C[NH+]3CCOCC3)o2)cc1. The summed E-state index contributed by atoms with van der Waals surface area (Å²) in [4.78, 5) is 13.9. The summed E-state index contributed by atoms with van der Waals surface area (Å²) in [6.07, 6.45) is 0.733. The Hall–Kier alpha value is -3.03. The molecule has 1 aliphatic rings. The van der Waals surface area contributed by atoms with E-state index in [2.05, 4.69) is 33.7 Å². The highest BCUT2D eigenvalue weighted by Crippen LogP contribution is 2.18. The minimum Gasteiger partial charge on any atom is -0.421 e. The van der Waals surface area contributed by atoms with Crippen LogP contribution >= 0.6 is 0 Å². The van der Waals surface area contributed by atoms with Gasteiger partial charge in [0.1, 0.15) is 19.6 Å². The molecule has 1 aliphatic heterocycles. The van der Waals surface area contributed by atoms with Crippen molar-refractivity contribution in [3.8, 4) is 11.5 Å². The minimum atomic E-state index is -0.0244. The molecule has 7 heteroatoms. The van der Waals surface area contributed by atoms with E-state index in [4.69, 9.17) is 9.15 Å². The van der Waals surface area contributed by atoms with E-state index < -0.39 is 0 Å². The highest BCUT2D eigenvalue weighted by Gasteiger charge is 2.16. The number of aromatic nitrogens is 2. The molecule has 1 amide bonds. The largest absolute Gasteiger partial charge is 0.421 e. The molecule has 1 aromatic heterocycles. The number of morpholine rings is 1. The Bertz CT molecular complexity index is 994. The number of amides is 1. The average Bonchev–Trinajstić information content (AvgIpc) is 3.27. The van der Waals surface area contributed by atoms with Crippen molar-refractivity contribution in [3.63, 3.8) is 0 Å². The smallest absolute Gasteiger partial charge is 0.247 e. The average molecular weight is 422 g/mol. The van der Waals surface area contributed by atoms with E-state index in [-0.39, 0.29) is 5.91 Å². The van der Waals surface area contributed by atoms with Crippen molar-refractivity contribution in [2.45, 2.75) is 32.9 Å². The van der Waals surface area contributed by atoms with Crippen LogP contribution in [-0.4, -0.2) is 42.4 Å². The van der Waals surface area contributed by atoms with Crippen molar-refractivity contribution < 1.29 is 18.8 Å². The van der Waals surface area contributed by atoms with E-state index in [1.807, 2.05) is 37.3 Å². The topological polar surface area (TPSA) is 81.7 Å². The fourth-order valence-electron chi connectivity index (χ4n) is 3.68. The first-order valence-electron chi connectivity index (χ1n) is 10.8. The van der Waals surface area contributed by atoms with Crippen LogP contribution in [-0.2, 0) is 29.0 Å². The van der Waals surface area contributed by atoms with Gasteiger partial charge in [0.15, 0.2) is 0 Å². The number of hydrogen-bond acceptors (Lipinski definition) is 5. The lowest BCUT2D eigenvalue weighted by molar-refractivity contribution is -0.921. The highest BCUT2D eigenvalue weighted by atomic mass is 16.5. The molecule has 2 N–H and O–H groups in total. The van der Waals surface area contributed by atoms with Gasteiger partial charge in [0.25, 0.3) is 0 Å². The second-order valence-corrected chi connectivity index (χ2v) is 7.95. The first-order valence-corrected chi connectivity index (χ1v) is 10.8. The van der Waals surface area contributed by atoms with Crippen LogP contribution in [0.25, 0.3) is 11.5 Å². The lowest BCUT2D eigenvalue weighted by atomic mass is 10.1. The molecule has 0 aliphatic carbocycles. The number of nitrogens with zero attached hydrogens (tertiary/aromatic N) is 2. The number of quaternary nitrogens is 1. The number of carbonyl (C=O) groups is 1. The molecule has 0 spiro atoms. The molecule has 31 heavy (non-hydrogen) atoms. The molecule has 0 unspecified atom stereocenters. The van der Waals surface area contributed by atoms with Gasteiger partial charge in [-0.15, -0.1) is 10.2 Å². The Kier molecular flexibility index (Phi) is 7.07. The Morgan fingerprint density at radius 2 is 1.77 bits per heavy atom. The molecular formula is C24H29N4O3+. The molecule has 1 fully saturated rings. The molecule has 1 saturated heterocycles. The fraction of sp³-hybridized carbons (Fsp3) is 0.375. The summed E-state index contributed by atoms with van der Waals surface area (Å²) in [5, 5.41) is 11.2. The third-order valence-corrected chi connectivity index (χ3v) is 5.57. The van der Waals surface area contributed by atoms with Crippen LogP contribution in [0.5, 0.6) is 0 Å². The van der Waals surface area contributed by atoms with Gasteiger partial charge in [-0.3, -0.25) is 4.79 Å². The molecule has 2 heterocycles. The standard InChI is InChI=1S/C24H28N4O3/c1-18-6-8-19(9-7-18)24-27-26-23(31-24)11-10-22(29)25-16-20-4-2-3-5-21(20)17-28-12-14-30-15-13-28/h2-9H,10-17H2,1H3,(H,25,29)/p+1. The van der Waals surface area contributed by atoms with Gasteiger partial charge in [-0.1, -0.05) is 42.0 Å². The molecule has 2 aromatic carbocycles. The number of aryl methyl sites for hydroxylation is 2. The second kappa shape index (κ2) is 10.3. The predicted molar refractivity (Wildman–Crippen MR) is 116 cm³/mol. The monoisotopic (exact) mass is 421 g/mol. The molecule has 162 valence electrons. The van der Waals surface area contributed by atoms with Crippen LogP contribution in [0, 0.1) is 6.92 Å². The van der Waals surface area contributed by atoms with Gasteiger partial charge in [0.2, 0.25) is 17.7 Å². The molecular weight excluding hydrogens is 392 g/mol. The summed E-state index contributed by atoms with van der Waals surface area (Å²) in [5.74, 6) is 0.931. The van der Waals surface area contributed by atoms with Crippen molar-refractivity contribution >= 4 is 5.91 Å². The fourth-order valence-corrected chi connectivity index (χ4v) is 3.68. The van der Waals surface area contributed by atoms with Crippen molar-refractivity contribution in [3.05, 3.63) is 71.1 Å². The first kappa shape index (κ1) is 21.2. The first-order chi connectivity index (χ1) is 15.2.